The molecule has 104 valence electrons. The van der Waals surface area contributed by atoms with Crippen molar-refractivity contribution in [2.24, 2.45) is 11.1 Å². The molecule has 0 aromatic carbocycles. The van der Waals surface area contributed by atoms with Crippen LogP contribution in [0.4, 0.5) is 0 Å². The van der Waals surface area contributed by atoms with Crippen LogP contribution in [0.3, 0.4) is 0 Å². The molecule has 3 aliphatic rings. The van der Waals surface area contributed by atoms with Crippen LogP contribution in [0.1, 0.15) is 71.6 Å². The second-order valence-electron chi connectivity index (χ2n) is 7.81. The molecule has 2 heteroatoms. The Balaban J connectivity index is 1.68. The van der Waals surface area contributed by atoms with E-state index in [-0.39, 0.29) is 0 Å². The number of hydrogen-bond donors (Lipinski definition) is 1. The van der Waals surface area contributed by atoms with Gasteiger partial charge in [0.05, 0.1) is 0 Å². The summed E-state index contributed by atoms with van der Waals surface area (Å²) in [6.45, 7) is 4.91. The molecule has 2 bridgehead atoms. The van der Waals surface area contributed by atoms with Gasteiger partial charge in [0.1, 0.15) is 0 Å². The van der Waals surface area contributed by atoms with Crippen LogP contribution >= 0.6 is 0 Å². The zero-order valence-corrected chi connectivity index (χ0v) is 12.2. The van der Waals surface area contributed by atoms with E-state index in [1.54, 1.807) is 0 Å². The lowest BCUT2D eigenvalue weighted by Gasteiger charge is -2.43. The fourth-order valence-electron chi connectivity index (χ4n) is 4.79. The lowest BCUT2D eigenvalue weighted by atomic mass is 9.85. The predicted octanol–water partition coefficient (Wildman–Crippen LogP) is 3.30. The average Bonchev–Trinajstić information content (AvgIpc) is 2.47. The second kappa shape index (κ2) is 4.79. The minimum Gasteiger partial charge on any atom is -0.328 e. The molecule has 0 spiro atoms. The summed E-state index contributed by atoms with van der Waals surface area (Å²) in [4.78, 5) is 2.91. The van der Waals surface area contributed by atoms with Gasteiger partial charge in [-0.25, -0.2) is 0 Å². The van der Waals surface area contributed by atoms with E-state index in [1.165, 1.54) is 57.8 Å². The standard InChI is InChI=1S/C16H30N2/c1-16(2)8-3-4-13(7-9-16)18-14-5-6-15(18)11-12(17)10-14/h12-15H,3-11,17H2,1-2H3. The maximum absolute atomic E-state index is 6.19. The molecule has 2 nitrogen and oxygen atoms in total. The first-order valence-electron chi connectivity index (χ1n) is 8.08. The van der Waals surface area contributed by atoms with Gasteiger partial charge in [0.15, 0.2) is 0 Å². The van der Waals surface area contributed by atoms with Gasteiger partial charge in [-0.05, 0) is 56.8 Å². The minimum absolute atomic E-state index is 0.487. The molecule has 3 fully saturated rings. The third-order valence-corrected chi connectivity index (χ3v) is 5.79. The van der Waals surface area contributed by atoms with Crippen molar-refractivity contribution in [2.45, 2.75) is 95.8 Å². The molecule has 0 aromatic heterocycles. The molecule has 3 atom stereocenters. The zero-order valence-electron chi connectivity index (χ0n) is 12.2. The van der Waals surface area contributed by atoms with Crippen LogP contribution in [0, 0.1) is 5.41 Å². The topological polar surface area (TPSA) is 29.3 Å². The highest BCUT2D eigenvalue weighted by atomic mass is 15.2. The van der Waals surface area contributed by atoms with E-state index in [4.69, 9.17) is 5.73 Å². The van der Waals surface area contributed by atoms with Crippen LogP contribution in [0.5, 0.6) is 0 Å². The normalized spacial score (nSPS) is 44.8. The number of fused-ring (bicyclic) bond motifs is 2. The third kappa shape index (κ3) is 2.46. The summed E-state index contributed by atoms with van der Waals surface area (Å²) in [5.74, 6) is 0. The Hall–Kier alpha value is -0.0800. The van der Waals surface area contributed by atoms with Crippen LogP contribution in [0.2, 0.25) is 0 Å². The van der Waals surface area contributed by atoms with E-state index in [0.717, 1.165) is 18.1 Å². The van der Waals surface area contributed by atoms with Gasteiger partial charge in [-0.2, -0.15) is 0 Å². The average molecular weight is 250 g/mol. The maximum Gasteiger partial charge on any atom is 0.0116 e. The van der Waals surface area contributed by atoms with Crippen LogP contribution < -0.4 is 5.73 Å². The number of nitrogens with two attached hydrogens (primary N) is 1. The summed E-state index contributed by atoms with van der Waals surface area (Å²) in [6.07, 6.45) is 12.5. The molecule has 1 aliphatic carbocycles. The molecule has 2 aliphatic heterocycles. The Morgan fingerprint density at radius 3 is 2.22 bits per heavy atom. The summed E-state index contributed by atoms with van der Waals surface area (Å²) < 4.78 is 0. The van der Waals surface area contributed by atoms with Crippen molar-refractivity contribution in [3.8, 4) is 0 Å². The quantitative estimate of drug-likeness (QED) is 0.724. The van der Waals surface area contributed by atoms with Gasteiger partial charge in [-0.15, -0.1) is 0 Å². The lowest BCUT2D eigenvalue weighted by Crippen LogP contribution is -2.51. The van der Waals surface area contributed by atoms with E-state index in [2.05, 4.69) is 18.7 Å². The Morgan fingerprint density at radius 1 is 0.889 bits per heavy atom. The monoisotopic (exact) mass is 250 g/mol. The minimum atomic E-state index is 0.487. The predicted molar refractivity (Wildman–Crippen MR) is 76.5 cm³/mol. The third-order valence-electron chi connectivity index (χ3n) is 5.79. The molecule has 2 saturated heterocycles. The lowest BCUT2D eigenvalue weighted by molar-refractivity contribution is 0.0677. The number of rotatable bonds is 1. The fourth-order valence-corrected chi connectivity index (χ4v) is 4.79. The molecule has 0 amide bonds. The van der Waals surface area contributed by atoms with E-state index >= 15 is 0 Å². The highest BCUT2D eigenvalue weighted by Crippen LogP contribution is 2.42. The first kappa shape index (κ1) is 12.9. The zero-order chi connectivity index (χ0) is 12.8. The van der Waals surface area contributed by atoms with E-state index in [9.17, 15) is 0 Å². The molecular weight excluding hydrogens is 220 g/mol. The molecule has 0 aromatic rings. The van der Waals surface area contributed by atoms with Gasteiger partial charge in [0, 0.05) is 24.2 Å². The Bertz CT molecular complexity index is 285. The van der Waals surface area contributed by atoms with Crippen LogP contribution in [0.15, 0.2) is 0 Å². The summed E-state index contributed by atoms with van der Waals surface area (Å²) in [6, 6.07) is 3.01. The summed E-state index contributed by atoms with van der Waals surface area (Å²) in [5, 5.41) is 0. The highest BCUT2D eigenvalue weighted by Gasteiger charge is 2.43. The second-order valence-corrected chi connectivity index (χ2v) is 7.81. The van der Waals surface area contributed by atoms with Crippen LogP contribution in [-0.4, -0.2) is 29.1 Å². The van der Waals surface area contributed by atoms with Crippen LogP contribution in [-0.2, 0) is 0 Å². The summed E-state index contributed by atoms with van der Waals surface area (Å²) in [5.41, 5.74) is 6.78. The van der Waals surface area contributed by atoms with E-state index in [0.29, 0.717) is 11.5 Å². The largest absolute Gasteiger partial charge is 0.328 e. The van der Waals surface area contributed by atoms with E-state index < -0.39 is 0 Å². The van der Waals surface area contributed by atoms with Crippen molar-refractivity contribution in [1.29, 1.82) is 0 Å². The van der Waals surface area contributed by atoms with Gasteiger partial charge in [0.25, 0.3) is 0 Å². The summed E-state index contributed by atoms with van der Waals surface area (Å²) >= 11 is 0. The molecule has 3 unspecified atom stereocenters. The van der Waals surface area contributed by atoms with Gasteiger partial charge >= 0.3 is 0 Å². The number of piperidine rings is 1. The SMILES string of the molecule is CC1(C)CCCC(N2C3CCC2CC(N)C3)CC1. The van der Waals surface area contributed by atoms with Gasteiger partial charge in [-0.3, -0.25) is 4.90 Å². The van der Waals surface area contributed by atoms with E-state index in [1.807, 2.05) is 0 Å². The maximum atomic E-state index is 6.19. The summed E-state index contributed by atoms with van der Waals surface area (Å²) in [7, 11) is 0. The van der Waals surface area contributed by atoms with Crippen molar-refractivity contribution in [2.75, 3.05) is 0 Å². The van der Waals surface area contributed by atoms with Crippen molar-refractivity contribution in [3.63, 3.8) is 0 Å². The Morgan fingerprint density at radius 2 is 1.56 bits per heavy atom. The number of hydrogen-bond acceptors (Lipinski definition) is 2. The molecule has 3 rings (SSSR count). The molecule has 18 heavy (non-hydrogen) atoms. The molecule has 1 saturated carbocycles. The van der Waals surface area contributed by atoms with Crippen molar-refractivity contribution in [3.05, 3.63) is 0 Å². The molecular formula is C16H30N2. The smallest absolute Gasteiger partial charge is 0.0116 e. The molecule has 2 N–H and O–H groups in total. The molecule has 2 heterocycles. The molecule has 0 radical (unpaired) electrons. The van der Waals surface area contributed by atoms with Crippen molar-refractivity contribution < 1.29 is 0 Å². The highest BCUT2D eigenvalue weighted by molar-refractivity contribution is 5.00. The van der Waals surface area contributed by atoms with Gasteiger partial charge in [-0.1, -0.05) is 20.3 Å². The fraction of sp³-hybridized carbons (Fsp3) is 1.00. The first-order valence-corrected chi connectivity index (χ1v) is 8.08. The first-order chi connectivity index (χ1) is 8.55. The van der Waals surface area contributed by atoms with Crippen molar-refractivity contribution >= 4 is 0 Å². The number of nitrogens with zero attached hydrogens (tertiary/aromatic N) is 1. The Labute approximate surface area is 112 Å². The van der Waals surface area contributed by atoms with Crippen molar-refractivity contribution in [1.82, 2.24) is 4.90 Å². The Kier molecular flexibility index (Phi) is 3.44. The van der Waals surface area contributed by atoms with Gasteiger partial charge in [0.2, 0.25) is 0 Å². The van der Waals surface area contributed by atoms with Gasteiger partial charge < -0.3 is 5.73 Å². The van der Waals surface area contributed by atoms with Crippen LogP contribution in [0.25, 0.3) is 0 Å².